The second-order valence-corrected chi connectivity index (χ2v) is 10.4. The molecule has 4 aromatic rings. The maximum Gasteiger partial charge on any atom is 0.338 e. The number of rotatable bonds is 8. The molecule has 2 aromatic carbocycles. The highest BCUT2D eigenvalue weighted by molar-refractivity contribution is 7.07. The van der Waals surface area contributed by atoms with Gasteiger partial charge >= 0.3 is 5.97 Å². The second kappa shape index (κ2) is 11.7. The molecule has 0 unspecified atom stereocenters. The predicted molar refractivity (Wildman–Crippen MR) is 156 cm³/mol. The lowest BCUT2D eigenvalue weighted by Crippen LogP contribution is -2.40. The van der Waals surface area contributed by atoms with Crippen molar-refractivity contribution in [2.75, 3.05) is 20.8 Å². The third kappa shape index (κ3) is 5.21. The van der Waals surface area contributed by atoms with Gasteiger partial charge in [0.05, 0.1) is 46.6 Å². The minimum Gasteiger partial charge on any atom is -0.497 e. The summed E-state index contributed by atoms with van der Waals surface area (Å²) in [6, 6.07) is 11.5. The zero-order valence-corrected chi connectivity index (χ0v) is 24.4. The Morgan fingerprint density at radius 3 is 2.67 bits per heavy atom. The summed E-state index contributed by atoms with van der Waals surface area (Å²) in [6.45, 7) is 3.53. The van der Waals surface area contributed by atoms with Crippen molar-refractivity contribution >= 4 is 40.7 Å². The first-order valence-electron chi connectivity index (χ1n) is 12.6. The van der Waals surface area contributed by atoms with Crippen LogP contribution < -0.4 is 24.4 Å². The van der Waals surface area contributed by atoms with Gasteiger partial charge in [-0.25, -0.2) is 9.79 Å². The molecular formula is C29H24ClN3O8S. The van der Waals surface area contributed by atoms with Gasteiger partial charge < -0.3 is 18.6 Å². The number of ether oxygens (including phenoxy) is 3. The summed E-state index contributed by atoms with van der Waals surface area (Å²) in [5.41, 5.74) is 0.950. The molecule has 5 rings (SSSR count). The van der Waals surface area contributed by atoms with Crippen LogP contribution in [-0.4, -0.2) is 36.3 Å². The van der Waals surface area contributed by atoms with Crippen molar-refractivity contribution in [1.29, 1.82) is 0 Å². The molecule has 0 N–H and O–H groups in total. The van der Waals surface area contributed by atoms with Gasteiger partial charge in [0.2, 0.25) is 0 Å². The molecule has 0 spiro atoms. The van der Waals surface area contributed by atoms with Crippen LogP contribution in [0.1, 0.15) is 31.2 Å². The van der Waals surface area contributed by atoms with Crippen LogP contribution in [-0.2, 0) is 9.53 Å². The number of nitrogens with zero attached hydrogens (tertiary/aromatic N) is 3. The van der Waals surface area contributed by atoms with Gasteiger partial charge in [-0.05, 0) is 44.2 Å². The van der Waals surface area contributed by atoms with Crippen LogP contribution in [0.15, 0.2) is 74.0 Å². The predicted octanol–water partition coefficient (Wildman–Crippen LogP) is 4.64. The fraction of sp³-hybridized carbons (Fsp3) is 0.207. The molecule has 0 saturated heterocycles. The SMILES string of the molecule is CCOC(=O)C1=C(C)N=c2s/c(=C\c3ccc(-c4cc([N+](=O)[O-])ccc4Cl)o3)c(=O)n2[C@@H]1c1ccc(OC)cc1OC. The number of hydrogen-bond acceptors (Lipinski definition) is 10. The van der Waals surface area contributed by atoms with Crippen LogP contribution in [0.3, 0.4) is 0 Å². The number of esters is 1. The van der Waals surface area contributed by atoms with Crippen molar-refractivity contribution in [1.82, 2.24) is 4.57 Å². The van der Waals surface area contributed by atoms with E-state index in [1.165, 1.54) is 37.0 Å². The smallest absolute Gasteiger partial charge is 0.338 e. The molecule has 0 amide bonds. The average molecular weight is 610 g/mol. The highest BCUT2D eigenvalue weighted by Crippen LogP contribution is 2.38. The Morgan fingerprint density at radius 1 is 1.19 bits per heavy atom. The molecule has 0 bridgehead atoms. The molecule has 1 aliphatic heterocycles. The number of carbonyl (C=O) groups is 1. The van der Waals surface area contributed by atoms with Gasteiger partial charge in [-0.1, -0.05) is 22.9 Å². The molecule has 2 aromatic heterocycles. The molecule has 0 fully saturated rings. The van der Waals surface area contributed by atoms with Crippen molar-refractivity contribution in [2.45, 2.75) is 19.9 Å². The molecule has 13 heteroatoms. The highest BCUT2D eigenvalue weighted by Gasteiger charge is 2.35. The van der Waals surface area contributed by atoms with Crippen LogP contribution in [0.4, 0.5) is 5.69 Å². The third-order valence-corrected chi connectivity index (χ3v) is 7.89. The minimum atomic E-state index is -0.890. The van der Waals surface area contributed by atoms with E-state index in [9.17, 15) is 19.7 Å². The largest absolute Gasteiger partial charge is 0.497 e. The second-order valence-electron chi connectivity index (χ2n) is 9.03. The van der Waals surface area contributed by atoms with Crippen LogP contribution in [0, 0.1) is 10.1 Å². The van der Waals surface area contributed by atoms with Gasteiger partial charge in [0.25, 0.3) is 11.2 Å². The number of nitro benzene ring substituents is 1. The maximum atomic E-state index is 13.9. The molecule has 1 aliphatic rings. The van der Waals surface area contributed by atoms with E-state index in [4.69, 9.17) is 30.2 Å². The highest BCUT2D eigenvalue weighted by atomic mass is 35.5. The fourth-order valence-electron chi connectivity index (χ4n) is 4.65. The first-order chi connectivity index (χ1) is 20.2. The maximum absolute atomic E-state index is 13.9. The summed E-state index contributed by atoms with van der Waals surface area (Å²) < 4.78 is 23.9. The van der Waals surface area contributed by atoms with Crippen molar-refractivity contribution in [3.63, 3.8) is 0 Å². The number of fused-ring (bicyclic) bond motifs is 1. The minimum absolute atomic E-state index is 0.137. The normalized spacial score (nSPS) is 14.8. The Kier molecular flexibility index (Phi) is 8.01. The van der Waals surface area contributed by atoms with Gasteiger partial charge in [0, 0.05) is 35.4 Å². The summed E-state index contributed by atoms with van der Waals surface area (Å²) in [5, 5.41) is 11.5. The number of nitro groups is 1. The zero-order chi connectivity index (χ0) is 30.1. The summed E-state index contributed by atoms with van der Waals surface area (Å²) in [4.78, 5) is 42.7. The number of carbonyl (C=O) groups excluding carboxylic acids is 1. The number of thiazole rings is 1. The average Bonchev–Trinajstić information content (AvgIpc) is 3.56. The van der Waals surface area contributed by atoms with E-state index in [1.54, 1.807) is 50.3 Å². The van der Waals surface area contributed by atoms with E-state index in [1.807, 2.05) is 0 Å². The van der Waals surface area contributed by atoms with Crippen LogP contribution in [0.2, 0.25) is 5.02 Å². The van der Waals surface area contributed by atoms with E-state index < -0.39 is 22.5 Å². The van der Waals surface area contributed by atoms with Crippen molar-refractivity contribution < 1.29 is 28.3 Å². The van der Waals surface area contributed by atoms with Crippen molar-refractivity contribution in [3.8, 4) is 22.8 Å². The number of furan rings is 1. The molecule has 42 heavy (non-hydrogen) atoms. The third-order valence-electron chi connectivity index (χ3n) is 6.58. The van der Waals surface area contributed by atoms with Crippen molar-refractivity contribution in [3.05, 3.63) is 106 Å². The van der Waals surface area contributed by atoms with Gasteiger partial charge in [-0.2, -0.15) is 0 Å². The quantitative estimate of drug-likeness (QED) is 0.160. The molecule has 0 saturated carbocycles. The standard InChI is InChI=1S/C29H24ClN3O8S/c1-5-40-28(35)25-15(2)31-29-32(26(25)19-9-7-17(38-3)13-23(19)39-4)27(34)24(42-29)14-18-8-11-22(41-18)20-12-16(33(36)37)6-10-21(20)30/h6-14,26H,5H2,1-4H3/b24-14-/t26-/m1/s1. The molecule has 3 heterocycles. The summed E-state index contributed by atoms with van der Waals surface area (Å²) >= 11 is 7.40. The van der Waals surface area contributed by atoms with Gasteiger partial charge in [0.15, 0.2) is 4.80 Å². The van der Waals surface area contributed by atoms with Crippen molar-refractivity contribution in [2.24, 2.45) is 4.99 Å². The number of non-ortho nitro benzene ring substituents is 1. The molecule has 11 nitrogen and oxygen atoms in total. The Balaban J connectivity index is 1.66. The summed E-state index contributed by atoms with van der Waals surface area (Å²) in [6.07, 6.45) is 1.55. The molecule has 0 aliphatic carbocycles. The summed E-state index contributed by atoms with van der Waals surface area (Å²) in [5.74, 6) is 0.968. The Labute approximate surface area is 247 Å². The lowest BCUT2D eigenvalue weighted by atomic mass is 9.95. The number of aromatic nitrogens is 1. The topological polar surface area (TPSA) is 135 Å². The molecular weight excluding hydrogens is 586 g/mol. The van der Waals surface area contributed by atoms with E-state index in [0.29, 0.717) is 44.6 Å². The lowest BCUT2D eigenvalue weighted by molar-refractivity contribution is -0.384. The van der Waals surface area contributed by atoms with Gasteiger partial charge in [-0.3, -0.25) is 19.5 Å². The molecule has 216 valence electrons. The zero-order valence-electron chi connectivity index (χ0n) is 22.9. The van der Waals surface area contributed by atoms with E-state index in [0.717, 1.165) is 11.3 Å². The number of halogens is 1. The lowest BCUT2D eigenvalue weighted by Gasteiger charge is -2.26. The van der Waals surface area contributed by atoms with Gasteiger partial charge in [0.1, 0.15) is 29.1 Å². The monoisotopic (exact) mass is 609 g/mol. The first-order valence-corrected chi connectivity index (χ1v) is 13.8. The number of methoxy groups -OCH3 is 2. The van der Waals surface area contributed by atoms with E-state index >= 15 is 0 Å². The number of hydrogen-bond donors (Lipinski definition) is 0. The van der Waals surface area contributed by atoms with Crippen LogP contribution in [0.5, 0.6) is 11.5 Å². The summed E-state index contributed by atoms with van der Waals surface area (Å²) in [7, 11) is 3.02. The molecule has 0 radical (unpaired) electrons. The Bertz CT molecular complexity index is 1940. The fourth-order valence-corrected chi connectivity index (χ4v) is 5.89. The van der Waals surface area contributed by atoms with Crippen LogP contribution >= 0.6 is 22.9 Å². The number of allylic oxidation sites excluding steroid dienone is 1. The Morgan fingerprint density at radius 2 is 1.98 bits per heavy atom. The van der Waals surface area contributed by atoms with E-state index in [2.05, 4.69) is 4.99 Å². The first kappa shape index (κ1) is 28.8. The van der Waals surface area contributed by atoms with Gasteiger partial charge in [-0.15, -0.1) is 0 Å². The number of benzene rings is 2. The van der Waals surface area contributed by atoms with E-state index in [-0.39, 0.29) is 27.4 Å². The molecule has 1 atom stereocenters. The van der Waals surface area contributed by atoms with Crippen LogP contribution in [0.25, 0.3) is 17.4 Å². The Hall–Kier alpha value is -4.68.